The number of piperidine rings is 2. The predicted molar refractivity (Wildman–Crippen MR) is 119 cm³/mol. The maximum atomic E-state index is 11.8. The number of benzene rings is 1. The second kappa shape index (κ2) is 9.25. The molecule has 5 rings (SSSR count). The standard InChI is InChI=1S/C24H36N4O2/c29-24-25-9-13-28(24)20-7-5-19(6-8-20)15-27-16-21-22(17-27)23(21)18-30-14-4-12-26-10-2-1-3-11-26/h5-8,21-23H,1-4,9-18H2,(H,25,29)/t21-,22+,23+. The van der Waals surface area contributed by atoms with Crippen molar-refractivity contribution in [1.29, 1.82) is 0 Å². The van der Waals surface area contributed by atoms with E-state index < -0.39 is 0 Å². The second-order valence-electron chi connectivity index (χ2n) is 9.57. The summed E-state index contributed by atoms with van der Waals surface area (Å²) in [6.07, 6.45) is 5.35. The molecule has 4 fully saturated rings. The molecule has 3 saturated heterocycles. The van der Waals surface area contributed by atoms with E-state index in [1.54, 1.807) is 0 Å². The Morgan fingerprint density at radius 2 is 1.73 bits per heavy atom. The summed E-state index contributed by atoms with van der Waals surface area (Å²) in [5.41, 5.74) is 2.33. The summed E-state index contributed by atoms with van der Waals surface area (Å²) in [6, 6.07) is 8.53. The van der Waals surface area contributed by atoms with Crippen LogP contribution in [-0.4, -0.2) is 74.9 Å². The van der Waals surface area contributed by atoms with Gasteiger partial charge in [0.2, 0.25) is 0 Å². The maximum Gasteiger partial charge on any atom is 0.321 e. The highest BCUT2D eigenvalue weighted by molar-refractivity contribution is 5.93. The van der Waals surface area contributed by atoms with Crippen LogP contribution in [0.5, 0.6) is 0 Å². The number of urea groups is 1. The van der Waals surface area contributed by atoms with Crippen molar-refractivity contribution >= 4 is 11.7 Å². The third kappa shape index (κ3) is 4.66. The summed E-state index contributed by atoms with van der Waals surface area (Å²) < 4.78 is 6.03. The number of nitrogens with one attached hydrogen (secondary N) is 1. The molecule has 6 nitrogen and oxygen atoms in total. The van der Waals surface area contributed by atoms with E-state index in [1.165, 1.54) is 64.0 Å². The van der Waals surface area contributed by atoms with Gasteiger partial charge in [0.25, 0.3) is 0 Å². The van der Waals surface area contributed by atoms with E-state index in [0.29, 0.717) is 0 Å². The molecule has 3 aliphatic heterocycles. The van der Waals surface area contributed by atoms with Crippen molar-refractivity contribution in [2.45, 2.75) is 32.2 Å². The lowest BCUT2D eigenvalue weighted by Gasteiger charge is -2.26. The molecule has 164 valence electrons. The number of rotatable bonds is 9. The van der Waals surface area contributed by atoms with Gasteiger partial charge >= 0.3 is 6.03 Å². The number of hydrogen-bond acceptors (Lipinski definition) is 4. The summed E-state index contributed by atoms with van der Waals surface area (Å²) in [6.45, 7) is 10.6. The van der Waals surface area contributed by atoms with Crippen molar-refractivity contribution in [2.75, 3.05) is 63.9 Å². The Hall–Kier alpha value is -1.63. The van der Waals surface area contributed by atoms with Crippen molar-refractivity contribution in [1.82, 2.24) is 15.1 Å². The van der Waals surface area contributed by atoms with Crippen LogP contribution in [0.4, 0.5) is 10.5 Å². The first-order valence-electron chi connectivity index (χ1n) is 11.9. The molecule has 1 aromatic rings. The minimum Gasteiger partial charge on any atom is -0.381 e. The highest BCUT2D eigenvalue weighted by Gasteiger charge is 2.55. The summed E-state index contributed by atoms with van der Waals surface area (Å²) in [7, 11) is 0. The monoisotopic (exact) mass is 412 g/mol. The van der Waals surface area contributed by atoms with Crippen LogP contribution in [0, 0.1) is 17.8 Å². The minimum atomic E-state index is 0.0159. The molecule has 1 saturated carbocycles. The van der Waals surface area contributed by atoms with Crippen molar-refractivity contribution in [3.05, 3.63) is 29.8 Å². The van der Waals surface area contributed by atoms with Crippen molar-refractivity contribution in [2.24, 2.45) is 17.8 Å². The third-order valence-electron chi connectivity index (χ3n) is 7.48. The molecule has 0 aromatic heterocycles. The van der Waals surface area contributed by atoms with E-state index in [0.717, 1.165) is 56.3 Å². The van der Waals surface area contributed by atoms with Gasteiger partial charge in [-0.25, -0.2) is 4.79 Å². The van der Waals surface area contributed by atoms with E-state index in [-0.39, 0.29) is 6.03 Å². The molecule has 1 aliphatic carbocycles. The van der Waals surface area contributed by atoms with Gasteiger partial charge in [-0.3, -0.25) is 9.80 Å². The fraction of sp³-hybridized carbons (Fsp3) is 0.708. The topological polar surface area (TPSA) is 48.1 Å². The molecule has 30 heavy (non-hydrogen) atoms. The summed E-state index contributed by atoms with van der Waals surface area (Å²) in [5, 5.41) is 2.86. The highest BCUT2D eigenvalue weighted by Crippen LogP contribution is 2.52. The van der Waals surface area contributed by atoms with Crippen LogP contribution in [0.3, 0.4) is 0 Å². The van der Waals surface area contributed by atoms with E-state index in [1.807, 2.05) is 4.90 Å². The molecule has 1 N–H and O–H groups in total. The zero-order valence-corrected chi connectivity index (χ0v) is 18.1. The minimum absolute atomic E-state index is 0.0159. The third-order valence-corrected chi connectivity index (χ3v) is 7.48. The van der Waals surface area contributed by atoms with Crippen LogP contribution in [0.25, 0.3) is 0 Å². The molecule has 4 aliphatic rings. The van der Waals surface area contributed by atoms with Crippen molar-refractivity contribution < 1.29 is 9.53 Å². The van der Waals surface area contributed by atoms with E-state index in [4.69, 9.17) is 4.74 Å². The number of carbonyl (C=O) groups excluding carboxylic acids is 1. The van der Waals surface area contributed by atoms with Gasteiger partial charge in [0.05, 0.1) is 6.61 Å². The zero-order valence-electron chi connectivity index (χ0n) is 18.1. The highest BCUT2D eigenvalue weighted by atomic mass is 16.5. The number of likely N-dealkylation sites (tertiary alicyclic amines) is 2. The Morgan fingerprint density at radius 3 is 2.43 bits per heavy atom. The molecule has 6 heteroatoms. The van der Waals surface area contributed by atoms with Crippen LogP contribution >= 0.6 is 0 Å². The van der Waals surface area contributed by atoms with Gasteiger partial charge in [0, 0.05) is 51.6 Å². The van der Waals surface area contributed by atoms with Crippen LogP contribution in [-0.2, 0) is 11.3 Å². The first-order chi connectivity index (χ1) is 14.8. The maximum absolute atomic E-state index is 11.8. The van der Waals surface area contributed by atoms with Gasteiger partial charge in [0.1, 0.15) is 0 Å². The zero-order chi connectivity index (χ0) is 20.3. The van der Waals surface area contributed by atoms with Crippen molar-refractivity contribution in [3.8, 4) is 0 Å². The first-order valence-corrected chi connectivity index (χ1v) is 11.9. The van der Waals surface area contributed by atoms with E-state index >= 15 is 0 Å². The molecule has 3 heterocycles. The Labute approximate surface area is 180 Å². The lowest BCUT2D eigenvalue weighted by atomic mass is 10.1. The second-order valence-corrected chi connectivity index (χ2v) is 9.57. The Morgan fingerprint density at radius 1 is 0.967 bits per heavy atom. The number of amides is 2. The fourth-order valence-corrected chi connectivity index (χ4v) is 5.66. The molecule has 0 unspecified atom stereocenters. The molecular weight excluding hydrogens is 376 g/mol. The molecule has 3 atom stereocenters. The van der Waals surface area contributed by atoms with Gasteiger partial charge < -0.3 is 15.0 Å². The first kappa shape index (κ1) is 20.3. The van der Waals surface area contributed by atoms with Gasteiger partial charge in [-0.15, -0.1) is 0 Å². The summed E-state index contributed by atoms with van der Waals surface area (Å²) in [5.74, 6) is 2.49. The molecule has 0 radical (unpaired) electrons. The lowest BCUT2D eigenvalue weighted by Crippen LogP contribution is -2.31. The number of fused-ring (bicyclic) bond motifs is 1. The Balaban J connectivity index is 0.973. The largest absolute Gasteiger partial charge is 0.381 e. The molecule has 1 aromatic carbocycles. The van der Waals surface area contributed by atoms with Gasteiger partial charge in [0.15, 0.2) is 0 Å². The van der Waals surface area contributed by atoms with Gasteiger partial charge in [-0.05, 0) is 67.8 Å². The molecule has 0 bridgehead atoms. The SMILES string of the molecule is O=C1NCCN1c1ccc(CN2C[C@@H]3[C@@H](COCCCN4CCCCC4)[C@@H]3C2)cc1. The average molecular weight is 413 g/mol. The predicted octanol–water partition coefficient (Wildman–Crippen LogP) is 2.79. The van der Waals surface area contributed by atoms with Crippen LogP contribution < -0.4 is 10.2 Å². The Kier molecular flexibility index (Phi) is 6.25. The number of hydrogen-bond donors (Lipinski definition) is 1. The Bertz CT molecular complexity index is 706. The van der Waals surface area contributed by atoms with Gasteiger partial charge in [-0.1, -0.05) is 18.6 Å². The molecule has 2 amide bonds. The van der Waals surface area contributed by atoms with Crippen molar-refractivity contribution in [3.63, 3.8) is 0 Å². The normalized spacial score (nSPS) is 29.3. The summed E-state index contributed by atoms with van der Waals surface area (Å²) in [4.78, 5) is 18.8. The number of ether oxygens (including phenoxy) is 1. The lowest BCUT2D eigenvalue weighted by molar-refractivity contribution is 0.0967. The van der Waals surface area contributed by atoms with Crippen LogP contribution in [0.2, 0.25) is 0 Å². The van der Waals surface area contributed by atoms with E-state index in [2.05, 4.69) is 39.4 Å². The smallest absolute Gasteiger partial charge is 0.321 e. The molecular formula is C24H36N4O2. The number of anilines is 1. The molecule has 0 spiro atoms. The van der Waals surface area contributed by atoms with Gasteiger partial charge in [-0.2, -0.15) is 0 Å². The quantitative estimate of drug-likeness (QED) is 0.634. The van der Waals surface area contributed by atoms with Crippen LogP contribution in [0.1, 0.15) is 31.2 Å². The number of carbonyl (C=O) groups is 1. The van der Waals surface area contributed by atoms with Crippen LogP contribution in [0.15, 0.2) is 24.3 Å². The van der Waals surface area contributed by atoms with E-state index in [9.17, 15) is 4.79 Å². The average Bonchev–Trinajstić information content (AvgIpc) is 3.09. The fourth-order valence-electron chi connectivity index (χ4n) is 5.66. The summed E-state index contributed by atoms with van der Waals surface area (Å²) >= 11 is 0. The number of nitrogens with zero attached hydrogens (tertiary/aromatic N) is 3.